The van der Waals surface area contributed by atoms with Gasteiger partial charge in [0.15, 0.2) is 0 Å². The van der Waals surface area contributed by atoms with Crippen LogP contribution in [0.2, 0.25) is 0 Å². The highest BCUT2D eigenvalue weighted by Gasteiger charge is 2.09. The van der Waals surface area contributed by atoms with Crippen LogP contribution in [0.3, 0.4) is 0 Å². The highest BCUT2D eigenvalue weighted by Crippen LogP contribution is 2.16. The largest absolute Gasteiger partial charge is 0.331 e. The predicted octanol–water partition coefficient (Wildman–Crippen LogP) is 4.19. The van der Waals surface area contributed by atoms with E-state index < -0.39 is 0 Å². The van der Waals surface area contributed by atoms with E-state index in [-0.39, 0.29) is 12.1 Å². The van der Waals surface area contributed by atoms with Crippen LogP contribution in [-0.2, 0) is 0 Å². The molecule has 0 aliphatic carbocycles. The number of urea groups is 1. The fraction of sp³-hybridized carbons (Fsp3) is 0.235. The SMILES string of the molecule is Cc1ccc(NC(=O)NC(C)c2ccccc2)c(C)c1. The predicted molar refractivity (Wildman–Crippen MR) is 82.9 cm³/mol. The van der Waals surface area contributed by atoms with Crippen molar-refractivity contribution in [1.29, 1.82) is 0 Å². The summed E-state index contributed by atoms with van der Waals surface area (Å²) in [5.74, 6) is 0. The molecule has 20 heavy (non-hydrogen) atoms. The molecule has 2 aromatic carbocycles. The summed E-state index contributed by atoms with van der Waals surface area (Å²) >= 11 is 0. The third-order valence-electron chi connectivity index (χ3n) is 3.28. The van der Waals surface area contributed by atoms with E-state index in [1.807, 2.05) is 63.2 Å². The molecule has 0 aliphatic rings. The van der Waals surface area contributed by atoms with Gasteiger partial charge in [-0.25, -0.2) is 4.79 Å². The summed E-state index contributed by atoms with van der Waals surface area (Å²) < 4.78 is 0. The molecule has 0 fully saturated rings. The van der Waals surface area contributed by atoms with E-state index in [1.54, 1.807) is 0 Å². The van der Waals surface area contributed by atoms with Gasteiger partial charge < -0.3 is 10.6 Å². The zero-order valence-corrected chi connectivity index (χ0v) is 12.1. The van der Waals surface area contributed by atoms with Crippen molar-refractivity contribution in [2.24, 2.45) is 0 Å². The number of hydrogen-bond donors (Lipinski definition) is 2. The molecule has 1 unspecified atom stereocenters. The van der Waals surface area contributed by atoms with Crippen LogP contribution in [0.25, 0.3) is 0 Å². The minimum atomic E-state index is -0.187. The fourth-order valence-corrected chi connectivity index (χ4v) is 2.13. The van der Waals surface area contributed by atoms with Crippen LogP contribution in [-0.4, -0.2) is 6.03 Å². The first-order valence-electron chi connectivity index (χ1n) is 6.76. The van der Waals surface area contributed by atoms with Gasteiger partial charge in [-0.05, 0) is 38.0 Å². The van der Waals surface area contributed by atoms with Crippen LogP contribution >= 0.6 is 0 Å². The molecule has 0 aromatic heterocycles. The van der Waals surface area contributed by atoms with E-state index in [9.17, 15) is 4.79 Å². The lowest BCUT2D eigenvalue weighted by atomic mass is 10.1. The molecule has 104 valence electrons. The highest BCUT2D eigenvalue weighted by atomic mass is 16.2. The van der Waals surface area contributed by atoms with E-state index in [0.717, 1.165) is 16.8 Å². The topological polar surface area (TPSA) is 41.1 Å². The first kappa shape index (κ1) is 14.1. The summed E-state index contributed by atoms with van der Waals surface area (Å²) in [6.45, 7) is 5.99. The molecule has 0 heterocycles. The zero-order valence-electron chi connectivity index (χ0n) is 12.1. The minimum absolute atomic E-state index is 0.0260. The van der Waals surface area contributed by atoms with E-state index >= 15 is 0 Å². The number of aryl methyl sites for hydroxylation is 2. The number of carbonyl (C=O) groups is 1. The first-order valence-corrected chi connectivity index (χ1v) is 6.76. The van der Waals surface area contributed by atoms with Crippen LogP contribution in [0.1, 0.15) is 29.7 Å². The molecule has 2 N–H and O–H groups in total. The van der Waals surface area contributed by atoms with E-state index in [4.69, 9.17) is 0 Å². The number of benzene rings is 2. The Morgan fingerprint density at radius 1 is 1.05 bits per heavy atom. The van der Waals surface area contributed by atoms with Crippen molar-refractivity contribution >= 4 is 11.7 Å². The van der Waals surface area contributed by atoms with Crippen LogP contribution < -0.4 is 10.6 Å². The van der Waals surface area contributed by atoms with E-state index in [0.29, 0.717) is 0 Å². The number of nitrogens with one attached hydrogen (secondary N) is 2. The fourth-order valence-electron chi connectivity index (χ4n) is 2.13. The Hall–Kier alpha value is -2.29. The Morgan fingerprint density at radius 3 is 2.40 bits per heavy atom. The smallest absolute Gasteiger partial charge is 0.319 e. The monoisotopic (exact) mass is 268 g/mol. The minimum Gasteiger partial charge on any atom is -0.331 e. The molecule has 1 atom stereocenters. The quantitative estimate of drug-likeness (QED) is 0.861. The molecule has 0 saturated heterocycles. The molecule has 0 saturated carbocycles. The van der Waals surface area contributed by atoms with E-state index in [2.05, 4.69) is 16.7 Å². The molecular formula is C17H20N2O. The maximum absolute atomic E-state index is 12.0. The maximum atomic E-state index is 12.0. The van der Waals surface area contributed by atoms with Crippen LogP contribution in [0.15, 0.2) is 48.5 Å². The van der Waals surface area contributed by atoms with Crippen molar-refractivity contribution in [3.63, 3.8) is 0 Å². The Balaban J connectivity index is 1.99. The highest BCUT2D eigenvalue weighted by molar-refractivity contribution is 5.90. The van der Waals surface area contributed by atoms with Gasteiger partial charge in [0, 0.05) is 5.69 Å². The maximum Gasteiger partial charge on any atom is 0.319 e. The van der Waals surface area contributed by atoms with E-state index in [1.165, 1.54) is 5.56 Å². The van der Waals surface area contributed by atoms with Crippen molar-refractivity contribution in [2.75, 3.05) is 5.32 Å². The van der Waals surface area contributed by atoms with Gasteiger partial charge in [0.05, 0.1) is 6.04 Å². The normalized spacial score (nSPS) is 11.8. The molecule has 2 amide bonds. The molecular weight excluding hydrogens is 248 g/mol. The van der Waals surface area contributed by atoms with Gasteiger partial charge in [-0.2, -0.15) is 0 Å². The molecule has 0 bridgehead atoms. The Kier molecular flexibility index (Phi) is 4.41. The second-order valence-corrected chi connectivity index (χ2v) is 5.05. The van der Waals surface area contributed by atoms with Gasteiger partial charge in [-0.15, -0.1) is 0 Å². The van der Waals surface area contributed by atoms with Crippen LogP contribution in [0.5, 0.6) is 0 Å². The standard InChI is InChI=1S/C17H20N2O/c1-12-9-10-16(13(2)11-12)19-17(20)18-14(3)15-7-5-4-6-8-15/h4-11,14H,1-3H3,(H2,18,19,20). The lowest BCUT2D eigenvalue weighted by molar-refractivity contribution is 0.249. The summed E-state index contributed by atoms with van der Waals surface area (Å²) in [4.78, 5) is 12.0. The Labute approximate surface area is 120 Å². The first-order chi connectivity index (χ1) is 9.56. The number of anilines is 1. The average molecular weight is 268 g/mol. The number of rotatable bonds is 3. The number of carbonyl (C=O) groups excluding carboxylic acids is 1. The van der Waals surface area contributed by atoms with Gasteiger partial charge in [0.2, 0.25) is 0 Å². The third kappa shape index (κ3) is 3.60. The summed E-state index contributed by atoms with van der Waals surface area (Å²) in [5, 5.41) is 5.82. The van der Waals surface area contributed by atoms with Gasteiger partial charge in [0.1, 0.15) is 0 Å². The molecule has 0 spiro atoms. The molecule has 0 radical (unpaired) electrons. The molecule has 3 nitrogen and oxygen atoms in total. The lowest BCUT2D eigenvalue weighted by Crippen LogP contribution is -2.31. The molecule has 3 heteroatoms. The second-order valence-electron chi connectivity index (χ2n) is 5.05. The van der Waals surface area contributed by atoms with Gasteiger partial charge in [-0.1, -0.05) is 48.0 Å². The van der Waals surface area contributed by atoms with Crippen molar-refractivity contribution in [1.82, 2.24) is 5.32 Å². The molecule has 2 rings (SSSR count). The van der Waals surface area contributed by atoms with Crippen LogP contribution in [0, 0.1) is 13.8 Å². The third-order valence-corrected chi connectivity index (χ3v) is 3.28. The molecule has 0 aliphatic heterocycles. The Morgan fingerprint density at radius 2 is 1.75 bits per heavy atom. The van der Waals surface area contributed by atoms with Crippen molar-refractivity contribution < 1.29 is 4.79 Å². The lowest BCUT2D eigenvalue weighted by Gasteiger charge is -2.16. The molecule has 2 aromatic rings. The zero-order chi connectivity index (χ0) is 14.5. The van der Waals surface area contributed by atoms with Gasteiger partial charge in [-0.3, -0.25) is 0 Å². The van der Waals surface area contributed by atoms with Gasteiger partial charge in [0.25, 0.3) is 0 Å². The van der Waals surface area contributed by atoms with Crippen molar-refractivity contribution in [3.8, 4) is 0 Å². The second kappa shape index (κ2) is 6.24. The number of hydrogen-bond acceptors (Lipinski definition) is 1. The number of amides is 2. The summed E-state index contributed by atoms with van der Waals surface area (Å²) in [5.41, 5.74) is 4.18. The van der Waals surface area contributed by atoms with Crippen molar-refractivity contribution in [3.05, 3.63) is 65.2 Å². The van der Waals surface area contributed by atoms with Crippen molar-refractivity contribution in [2.45, 2.75) is 26.8 Å². The average Bonchev–Trinajstić information content (AvgIpc) is 2.43. The van der Waals surface area contributed by atoms with Gasteiger partial charge >= 0.3 is 6.03 Å². The summed E-state index contributed by atoms with van der Waals surface area (Å²) in [6.07, 6.45) is 0. The Bertz CT molecular complexity index is 593. The summed E-state index contributed by atoms with van der Waals surface area (Å²) in [6, 6.07) is 15.7. The van der Waals surface area contributed by atoms with Crippen LogP contribution in [0.4, 0.5) is 10.5 Å². The summed E-state index contributed by atoms with van der Waals surface area (Å²) in [7, 11) is 0.